The van der Waals surface area contributed by atoms with Crippen molar-refractivity contribution >= 4 is 44.6 Å². The second-order valence-corrected chi connectivity index (χ2v) is 8.70. The van der Waals surface area contributed by atoms with Crippen molar-refractivity contribution < 1.29 is 13.3 Å². The van der Waals surface area contributed by atoms with Crippen LogP contribution in [0.5, 0.6) is 0 Å². The van der Waals surface area contributed by atoms with Gasteiger partial charge in [0.2, 0.25) is 10.0 Å². The zero-order chi connectivity index (χ0) is 20.5. The van der Waals surface area contributed by atoms with Gasteiger partial charge in [0.15, 0.2) is 0 Å². The van der Waals surface area contributed by atoms with Gasteiger partial charge in [-0.2, -0.15) is 9.57 Å². The van der Waals surface area contributed by atoms with E-state index in [1.807, 2.05) is 11.0 Å². The van der Waals surface area contributed by atoms with Crippen LogP contribution in [0.15, 0.2) is 41.3 Å². The highest BCUT2D eigenvalue weighted by Gasteiger charge is 2.32. The molecule has 8 nitrogen and oxygen atoms in total. The van der Waals surface area contributed by atoms with Crippen LogP contribution in [0.2, 0.25) is 10.0 Å². The second-order valence-electron chi connectivity index (χ2n) is 6.01. The number of sulfonamides is 1. The van der Waals surface area contributed by atoms with Crippen LogP contribution in [0.4, 0.5) is 11.4 Å². The maximum absolute atomic E-state index is 12.9. The summed E-state index contributed by atoms with van der Waals surface area (Å²) in [7, 11) is -3.87. The molecule has 0 radical (unpaired) electrons. The molecule has 3 rings (SSSR count). The summed E-state index contributed by atoms with van der Waals surface area (Å²) in [5, 5.41) is 20.3. The summed E-state index contributed by atoms with van der Waals surface area (Å²) >= 11 is 12.1. The van der Waals surface area contributed by atoms with Gasteiger partial charge in [-0.1, -0.05) is 29.3 Å². The number of nitriles is 1. The molecular formula is C17H14Cl2N4O4S. The first kappa shape index (κ1) is 20.4. The third kappa shape index (κ3) is 3.77. The largest absolute Gasteiger partial charge is 0.368 e. The molecule has 1 aliphatic heterocycles. The van der Waals surface area contributed by atoms with E-state index in [4.69, 9.17) is 23.2 Å². The number of nitrogens with zero attached hydrogens (tertiary/aromatic N) is 4. The molecule has 146 valence electrons. The van der Waals surface area contributed by atoms with Crippen molar-refractivity contribution in [2.45, 2.75) is 4.90 Å². The van der Waals surface area contributed by atoms with Crippen LogP contribution in [0.3, 0.4) is 0 Å². The summed E-state index contributed by atoms with van der Waals surface area (Å²) < 4.78 is 27.1. The van der Waals surface area contributed by atoms with Crippen molar-refractivity contribution in [1.29, 1.82) is 5.26 Å². The zero-order valence-corrected chi connectivity index (χ0v) is 16.7. The van der Waals surface area contributed by atoms with Gasteiger partial charge in [-0.25, -0.2) is 8.42 Å². The van der Waals surface area contributed by atoms with E-state index in [1.165, 1.54) is 34.6 Å². The first-order chi connectivity index (χ1) is 13.3. The van der Waals surface area contributed by atoms with Crippen molar-refractivity contribution in [3.63, 3.8) is 0 Å². The Bertz CT molecular complexity index is 1060. The molecule has 0 spiro atoms. The molecule has 0 amide bonds. The van der Waals surface area contributed by atoms with Gasteiger partial charge in [0, 0.05) is 38.3 Å². The number of hydrogen-bond donors (Lipinski definition) is 0. The molecule has 11 heteroatoms. The Morgan fingerprint density at radius 3 is 2.21 bits per heavy atom. The van der Waals surface area contributed by atoms with Gasteiger partial charge >= 0.3 is 0 Å². The van der Waals surface area contributed by atoms with E-state index in [2.05, 4.69) is 0 Å². The summed E-state index contributed by atoms with van der Waals surface area (Å²) in [5.41, 5.74) is 0.524. The minimum atomic E-state index is -3.87. The molecule has 1 saturated heterocycles. The number of hydrogen-bond acceptors (Lipinski definition) is 6. The first-order valence-corrected chi connectivity index (χ1v) is 10.3. The summed E-state index contributed by atoms with van der Waals surface area (Å²) in [4.78, 5) is 12.0. The second kappa shape index (κ2) is 7.93. The van der Waals surface area contributed by atoms with Crippen LogP contribution >= 0.6 is 23.2 Å². The minimum absolute atomic E-state index is 0.0528. The predicted molar refractivity (Wildman–Crippen MR) is 105 cm³/mol. The molecule has 0 aromatic heterocycles. The summed E-state index contributed by atoms with van der Waals surface area (Å²) in [5.74, 6) is 0. The normalized spacial score (nSPS) is 15.2. The average molecular weight is 441 g/mol. The number of rotatable bonds is 4. The van der Waals surface area contributed by atoms with Crippen molar-refractivity contribution in [3.8, 4) is 6.07 Å². The number of nitro benzene ring substituents is 1. The fourth-order valence-electron chi connectivity index (χ4n) is 3.03. The maximum atomic E-state index is 12.9. The molecule has 2 aromatic rings. The SMILES string of the molecule is N#Cc1cc([N+](=O)[O-])ccc1N1CCN(S(=O)(=O)c2c(Cl)cccc2Cl)CC1. The van der Waals surface area contributed by atoms with Crippen molar-refractivity contribution in [2.24, 2.45) is 0 Å². The fraction of sp³-hybridized carbons (Fsp3) is 0.235. The third-order valence-electron chi connectivity index (χ3n) is 4.41. The van der Waals surface area contributed by atoms with Crippen LogP contribution in [-0.4, -0.2) is 43.8 Å². The average Bonchev–Trinajstić information content (AvgIpc) is 2.67. The lowest BCUT2D eigenvalue weighted by atomic mass is 10.1. The lowest BCUT2D eigenvalue weighted by molar-refractivity contribution is -0.384. The van der Waals surface area contributed by atoms with Crippen LogP contribution in [0.25, 0.3) is 0 Å². The van der Waals surface area contributed by atoms with E-state index in [0.29, 0.717) is 18.8 Å². The lowest BCUT2D eigenvalue weighted by Crippen LogP contribution is -2.49. The van der Waals surface area contributed by atoms with Crippen LogP contribution in [0, 0.1) is 21.4 Å². The molecule has 0 saturated carbocycles. The first-order valence-electron chi connectivity index (χ1n) is 8.13. The molecule has 2 aromatic carbocycles. The molecule has 0 atom stereocenters. The van der Waals surface area contributed by atoms with Crippen LogP contribution < -0.4 is 4.90 Å². The predicted octanol–water partition coefficient (Wildman–Crippen LogP) is 3.28. The topological polar surface area (TPSA) is 108 Å². The molecule has 0 aliphatic carbocycles. The monoisotopic (exact) mass is 440 g/mol. The fourth-order valence-corrected chi connectivity index (χ4v) is 5.54. The van der Waals surface area contributed by atoms with Gasteiger partial charge in [0.05, 0.1) is 26.2 Å². The van der Waals surface area contributed by atoms with E-state index in [0.717, 1.165) is 0 Å². The van der Waals surface area contributed by atoms with Gasteiger partial charge in [0.25, 0.3) is 5.69 Å². The van der Waals surface area contributed by atoms with Crippen molar-refractivity contribution in [1.82, 2.24) is 4.31 Å². The Morgan fingerprint density at radius 2 is 1.68 bits per heavy atom. The Labute approximate surface area is 171 Å². The van der Waals surface area contributed by atoms with Gasteiger partial charge < -0.3 is 4.90 Å². The molecule has 0 unspecified atom stereocenters. The lowest BCUT2D eigenvalue weighted by Gasteiger charge is -2.35. The minimum Gasteiger partial charge on any atom is -0.368 e. The molecular weight excluding hydrogens is 427 g/mol. The molecule has 1 heterocycles. The number of benzene rings is 2. The van der Waals surface area contributed by atoms with E-state index in [1.54, 1.807) is 6.07 Å². The molecule has 0 N–H and O–H groups in total. The Kier molecular flexibility index (Phi) is 5.76. The van der Waals surface area contributed by atoms with Gasteiger partial charge in [-0.05, 0) is 18.2 Å². The molecule has 1 aliphatic rings. The molecule has 0 bridgehead atoms. The Balaban J connectivity index is 1.82. The van der Waals surface area contributed by atoms with Crippen molar-refractivity contribution in [3.05, 3.63) is 62.1 Å². The number of anilines is 1. The van der Waals surface area contributed by atoms with Gasteiger partial charge in [-0.15, -0.1) is 0 Å². The zero-order valence-electron chi connectivity index (χ0n) is 14.4. The summed E-state index contributed by atoms with van der Waals surface area (Å²) in [6.45, 7) is 0.944. The third-order valence-corrected chi connectivity index (χ3v) is 7.26. The van der Waals surface area contributed by atoms with E-state index < -0.39 is 14.9 Å². The maximum Gasteiger partial charge on any atom is 0.270 e. The van der Waals surface area contributed by atoms with Gasteiger partial charge in [0.1, 0.15) is 11.0 Å². The van der Waals surface area contributed by atoms with Crippen LogP contribution in [0.1, 0.15) is 5.56 Å². The van der Waals surface area contributed by atoms with Crippen molar-refractivity contribution in [2.75, 3.05) is 31.1 Å². The highest BCUT2D eigenvalue weighted by Crippen LogP contribution is 2.33. The highest BCUT2D eigenvalue weighted by molar-refractivity contribution is 7.89. The standard InChI is InChI=1S/C17H14Cl2N4O4S/c18-14-2-1-3-15(19)17(14)28(26,27)22-8-6-21(7-9-22)16-5-4-13(23(24)25)10-12(16)11-20/h1-5,10H,6-9H2. The smallest absolute Gasteiger partial charge is 0.270 e. The number of piperazine rings is 1. The van der Waals surface area contributed by atoms with Crippen LogP contribution in [-0.2, 0) is 10.0 Å². The Morgan fingerprint density at radius 1 is 1.07 bits per heavy atom. The molecule has 28 heavy (non-hydrogen) atoms. The van der Waals surface area contributed by atoms with Gasteiger partial charge in [-0.3, -0.25) is 10.1 Å². The molecule has 1 fully saturated rings. The number of non-ortho nitro benzene ring substituents is 1. The van der Waals surface area contributed by atoms with E-state index >= 15 is 0 Å². The number of nitro groups is 1. The highest BCUT2D eigenvalue weighted by atomic mass is 35.5. The Hall–Kier alpha value is -2.38. The summed E-state index contributed by atoms with van der Waals surface area (Å²) in [6, 6.07) is 10.5. The van der Waals surface area contributed by atoms with E-state index in [9.17, 15) is 23.8 Å². The summed E-state index contributed by atoms with van der Waals surface area (Å²) in [6.07, 6.45) is 0. The quantitative estimate of drug-likeness (QED) is 0.532. The number of halogens is 2. The van der Waals surface area contributed by atoms with E-state index in [-0.39, 0.29) is 39.3 Å².